The molecular formula is C19H17N3O2. The minimum Gasteiger partial charge on any atom is -0.369 e. The minimum atomic E-state index is -1.03. The van der Waals surface area contributed by atoms with E-state index in [0.29, 0.717) is 16.9 Å². The highest BCUT2D eigenvalue weighted by Gasteiger charge is 2.34. The second-order valence-corrected chi connectivity index (χ2v) is 5.98. The van der Waals surface area contributed by atoms with Crippen molar-refractivity contribution in [2.45, 2.75) is 20.1 Å². The van der Waals surface area contributed by atoms with Gasteiger partial charge in [-0.2, -0.15) is 0 Å². The second-order valence-electron chi connectivity index (χ2n) is 5.98. The van der Waals surface area contributed by atoms with Crippen LogP contribution in [0.2, 0.25) is 0 Å². The molecule has 1 aliphatic rings. The first-order chi connectivity index (χ1) is 11.6. The summed E-state index contributed by atoms with van der Waals surface area (Å²) in [4.78, 5) is 17.0. The van der Waals surface area contributed by atoms with Crippen LogP contribution in [0.5, 0.6) is 0 Å². The third-order valence-electron chi connectivity index (χ3n) is 4.44. The number of fused-ring (bicyclic) bond motifs is 1. The van der Waals surface area contributed by atoms with Crippen LogP contribution in [0, 0.1) is 13.8 Å². The molecule has 1 atom stereocenters. The molecule has 5 heteroatoms. The number of benzene rings is 1. The normalized spacial score (nSPS) is 16.1. The van der Waals surface area contributed by atoms with E-state index < -0.39 is 6.23 Å². The lowest BCUT2D eigenvalue weighted by molar-refractivity contribution is 0.0851. The predicted molar refractivity (Wildman–Crippen MR) is 90.9 cm³/mol. The average molecular weight is 319 g/mol. The molecule has 1 aliphatic heterocycles. The van der Waals surface area contributed by atoms with E-state index >= 15 is 0 Å². The average Bonchev–Trinajstić information content (AvgIpc) is 3.07. The summed E-state index contributed by atoms with van der Waals surface area (Å²) in [5.41, 5.74) is 4.69. The van der Waals surface area contributed by atoms with Gasteiger partial charge in [0.15, 0.2) is 6.23 Å². The molecule has 2 aromatic heterocycles. The molecule has 0 aliphatic carbocycles. The zero-order chi connectivity index (χ0) is 16.8. The molecule has 1 aromatic carbocycles. The van der Waals surface area contributed by atoms with Gasteiger partial charge in [0, 0.05) is 28.7 Å². The number of amides is 1. The van der Waals surface area contributed by atoms with Gasteiger partial charge in [-0.05, 0) is 31.5 Å². The van der Waals surface area contributed by atoms with Crippen LogP contribution in [0.1, 0.15) is 33.5 Å². The molecule has 5 nitrogen and oxygen atoms in total. The van der Waals surface area contributed by atoms with Crippen LogP contribution in [-0.4, -0.2) is 20.6 Å². The number of rotatable bonds is 2. The number of aryl methyl sites for hydroxylation is 2. The van der Waals surface area contributed by atoms with Crippen LogP contribution >= 0.6 is 0 Å². The van der Waals surface area contributed by atoms with E-state index in [1.807, 2.05) is 60.9 Å². The zero-order valence-corrected chi connectivity index (χ0v) is 13.4. The van der Waals surface area contributed by atoms with E-state index in [4.69, 9.17) is 0 Å². The Morgan fingerprint density at radius 2 is 1.75 bits per heavy atom. The van der Waals surface area contributed by atoms with E-state index in [1.165, 1.54) is 0 Å². The summed E-state index contributed by atoms with van der Waals surface area (Å²) in [5, 5.41) is 13.0. The quantitative estimate of drug-likeness (QED) is 0.763. The van der Waals surface area contributed by atoms with Crippen LogP contribution in [0.4, 0.5) is 0 Å². The third-order valence-corrected chi connectivity index (χ3v) is 4.44. The van der Waals surface area contributed by atoms with Crippen molar-refractivity contribution in [3.8, 4) is 16.9 Å². The fraction of sp³-hybridized carbons (Fsp3) is 0.158. The predicted octanol–water partition coefficient (Wildman–Crippen LogP) is 2.89. The van der Waals surface area contributed by atoms with E-state index in [2.05, 4.69) is 10.3 Å². The topological polar surface area (TPSA) is 67.2 Å². The molecule has 120 valence electrons. The summed E-state index contributed by atoms with van der Waals surface area (Å²) < 4.78 is 1.94. The van der Waals surface area contributed by atoms with Gasteiger partial charge in [0.1, 0.15) is 5.82 Å². The minimum absolute atomic E-state index is 0.301. The lowest BCUT2D eigenvalue weighted by Crippen LogP contribution is -2.19. The van der Waals surface area contributed by atoms with Crippen molar-refractivity contribution < 1.29 is 9.90 Å². The number of aliphatic hydroxyl groups excluding tert-OH is 1. The molecule has 0 bridgehead atoms. The van der Waals surface area contributed by atoms with Gasteiger partial charge in [0.2, 0.25) is 0 Å². The zero-order valence-electron chi connectivity index (χ0n) is 13.4. The van der Waals surface area contributed by atoms with Gasteiger partial charge >= 0.3 is 0 Å². The van der Waals surface area contributed by atoms with Gasteiger partial charge in [0.25, 0.3) is 5.91 Å². The Morgan fingerprint density at radius 1 is 1.08 bits per heavy atom. The number of aliphatic hydroxyl groups is 1. The standard InChI is InChI=1S/C19H17N3O2/c1-11-8-9-12(2)22(11)17-16-15(18(23)21-19(16)24)14(10-20-17)13-6-4-3-5-7-13/h3-10,18,23H,1-2H3,(H,21,24). The number of carbonyl (C=O) groups is 1. The molecule has 3 heterocycles. The van der Waals surface area contributed by atoms with Gasteiger partial charge in [-0.3, -0.25) is 4.79 Å². The van der Waals surface area contributed by atoms with E-state index in [1.54, 1.807) is 6.20 Å². The SMILES string of the molecule is Cc1ccc(C)n1-c1ncc(-c2ccccc2)c2c1C(=O)NC2O. The second kappa shape index (κ2) is 5.32. The first-order valence-electron chi connectivity index (χ1n) is 7.80. The van der Waals surface area contributed by atoms with Gasteiger partial charge in [-0.25, -0.2) is 4.98 Å². The summed E-state index contributed by atoms with van der Waals surface area (Å²) in [6.45, 7) is 3.94. The first kappa shape index (κ1) is 14.7. The summed E-state index contributed by atoms with van der Waals surface area (Å²) in [5.74, 6) is 0.254. The molecule has 0 saturated heterocycles. The van der Waals surface area contributed by atoms with Gasteiger partial charge < -0.3 is 15.0 Å². The molecule has 4 rings (SSSR count). The maximum absolute atomic E-state index is 12.5. The highest BCUT2D eigenvalue weighted by Crippen LogP contribution is 2.36. The van der Waals surface area contributed by atoms with Crippen molar-refractivity contribution in [3.63, 3.8) is 0 Å². The number of nitrogens with one attached hydrogen (secondary N) is 1. The molecule has 0 spiro atoms. The van der Waals surface area contributed by atoms with Crippen molar-refractivity contribution in [3.05, 3.63) is 71.2 Å². The third kappa shape index (κ3) is 2.06. The van der Waals surface area contributed by atoms with Gasteiger partial charge in [0.05, 0.1) is 5.56 Å². The summed E-state index contributed by atoms with van der Waals surface area (Å²) >= 11 is 0. The Bertz CT molecular complexity index is 925. The Hall–Kier alpha value is -2.92. The van der Waals surface area contributed by atoms with Crippen LogP contribution < -0.4 is 5.32 Å². The van der Waals surface area contributed by atoms with Crippen LogP contribution in [0.15, 0.2) is 48.7 Å². The van der Waals surface area contributed by atoms with Crippen molar-refractivity contribution >= 4 is 5.91 Å². The van der Waals surface area contributed by atoms with Gasteiger partial charge in [-0.15, -0.1) is 0 Å². The number of hydrogen-bond acceptors (Lipinski definition) is 3. The summed E-state index contributed by atoms with van der Waals surface area (Å²) in [7, 11) is 0. The lowest BCUT2D eigenvalue weighted by Gasteiger charge is -2.15. The Morgan fingerprint density at radius 3 is 2.42 bits per heavy atom. The van der Waals surface area contributed by atoms with Crippen LogP contribution in [0.25, 0.3) is 16.9 Å². The summed E-state index contributed by atoms with van der Waals surface area (Å²) in [6, 6.07) is 13.6. The van der Waals surface area contributed by atoms with Crippen molar-refractivity contribution in [2.75, 3.05) is 0 Å². The largest absolute Gasteiger partial charge is 0.369 e. The van der Waals surface area contributed by atoms with Gasteiger partial charge in [-0.1, -0.05) is 30.3 Å². The smallest absolute Gasteiger partial charge is 0.257 e. The molecular weight excluding hydrogens is 302 g/mol. The maximum atomic E-state index is 12.5. The molecule has 0 fully saturated rings. The monoisotopic (exact) mass is 319 g/mol. The number of carbonyl (C=O) groups excluding carboxylic acids is 1. The number of aromatic nitrogens is 2. The Kier molecular flexibility index (Phi) is 3.25. The van der Waals surface area contributed by atoms with Crippen molar-refractivity contribution in [1.29, 1.82) is 0 Å². The molecule has 2 N–H and O–H groups in total. The number of nitrogens with zero attached hydrogens (tertiary/aromatic N) is 2. The highest BCUT2D eigenvalue weighted by atomic mass is 16.3. The number of hydrogen-bond donors (Lipinski definition) is 2. The van der Waals surface area contributed by atoms with Crippen molar-refractivity contribution in [2.24, 2.45) is 0 Å². The lowest BCUT2D eigenvalue weighted by atomic mass is 9.98. The van der Waals surface area contributed by atoms with E-state index in [0.717, 1.165) is 22.5 Å². The van der Waals surface area contributed by atoms with E-state index in [9.17, 15) is 9.90 Å². The fourth-order valence-corrected chi connectivity index (χ4v) is 3.31. The molecule has 3 aromatic rings. The maximum Gasteiger partial charge on any atom is 0.257 e. The highest BCUT2D eigenvalue weighted by molar-refractivity contribution is 6.03. The molecule has 1 amide bonds. The van der Waals surface area contributed by atoms with Crippen LogP contribution in [0.3, 0.4) is 0 Å². The Labute approximate surface area is 139 Å². The number of pyridine rings is 1. The molecule has 0 radical (unpaired) electrons. The Balaban J connectivity index is 2.02. The fourth-order valence-electron chi connectivity index (χ4n) is 3.31. The van der Waals surface area contributed by atoms with Crippen LogP contribution in [-0.2, 0) is 0 Å². The van der Waals surface area contributed by atoms with Crippen molar-refractivity contribution in [1.82, 2.24) is 14.9 Å². The molecule has 1 unspecified atom stereocenters. The van der Waals surface area contributed by atoms with E-state index in [-0.39, 0.29) is 5.91 Å². The first-order valence-corrected chi connectivity index (χ1v) is 7.80. The molecule has 24 heavy (non-hydrogen) atoms. The summed E-state index contributed by atoms with van der Waals surface area (Å²) in [6.07, 6.45) is 0.701. The molecule has 0 saturated carbocycles.